The molecule has 22 heavy (non-hydrogen) atoms. The van der Waals surface area contributed by atoms with Crippen molar-refractivity contribution in [3.8, 4) is 17.4 Å². The van der Waals surface area contributed by atoms with Gasteiger partial charge in [0.1, 0.15) is 17.0 Å². The van der Waals surface area contributed by atoms with Crippen LogP contribution in [0.15, 0.2) is 60.8 Å². The molecule has 0 bridgehead atoms. The molecule has 3 aromatic rings. The zero-order valence-electron chi connectivity index (χ0n) is 12.0. The third kappa shape index (κ3) is 3.40. The molecule has 0 saturated carbocycles. The molecule has 0 aliphatic heterocycles. The average Bonchev–Trinajstić information content (AvgIpc) is 2.56. The van der Waals surface area contributed by atoms with Crippen molar-refractivity contribution < 1.29 is 4.74 Å². The van der Waals surface area contributed by atoms with Crippen molar-refractivity contribution in [2.24, 2.45) is 0 Å². The minimum Gasteiger partial charge on any atom is -0.470 e. The topological polar surface area (TPSA) is 47.9 Å². The summed E-state index contributed by atoms with van der Waals surface area (Å²) in [6, 6.07) is 17.1. The number of benzene rings is 1. The lowest BCUT2D eigenvalue weighted by Gasteiger charge is -2.14. The van der Waals surface area contributed by atoms with Gasteiger partial charge in [0.2, 0.25) is 5.88 Å². The molecule has 2 aromatic heterocycles. The fourth-order valence-electron chi connectivity index (χ4n) is 2.04. The Bertz CT molecular complexity index is 750. The van der Waals surface area contributed by atoms with Crippen molar-refractivity contribution in [3.63, 3.8) is 0 Å². The maximum atomic E-state index is 6.07. The van der Waals surface area contributed by atoms with E-state index >= 15 is 0 Å². The summed E-state index contributed by atoms with van der Waals surface area (Å²) < 4.78 is 5.88. The van der Waals surface area contributed by atoms with Crippen LogP contribution in [0.1, 0.15) is 18.6 Å². The summed E-state index contributed by atoms with van der Waals surface area (Å²) in [5.74, 6) is 0.875. The van der Waals surface area contributed by atoms with E-state index in [0.29, 0.717) is 22.6 Å². The normalized spacial score (nSPS) is 11.9. The SMILES string of the molecule is CC(Oc1cc(Cl)nc(-c2ccccn2)n1)c1ccccc1. The lowest BCUT2D eigenvalue weighted by molar-refractivity contribution is 0.217. The average molecular weight is 312 g/mol. The van der Waals surface area contributed by atoms with Gasteiger partial charge in [-0.2, -0.15) is 4.98 Å². The molecule has 0 aliphatic rings. The van der Waals surface area contributed by atoms with E-state index in [1.807, 2.05) is 55.5 Å². The van der Waals surface area contributed by atoms with Crippen LogP contribution in [-0.4, -0.2) is 15.0 Å². The summed E-state index contributed by atoms with van der Waals surface area (Å²) in [6.45, 7) is 1.96. The number of pyridine rings is 1. The van der Waals surface area contributed by atoms with Gasteiger partial charge >= 0.3 is 0 Å². The second kappa shape index (κ2) is 6.54. The summed E-state index contributed by atoms with van der Waals surface area (Å²) in [5.41, 5.74) is 1.72. The first kappa shape index (κ1) is 14.5. The van der Waals surface area contributed by atoms with Crippen molar-refractivity contribution in [2.75, 3.05) is 0 Å². The molecular weight excluding hydrogens is 298 g/mol. The molecule has 1 aromatic carbocycles. The number of rotatable bonds is 4. The Morgan fingerprint density at radius 2 is 1.77 bits per heavy atom. The van der Waals surface area contributed by atoms with Gasteiger partial charge in [-0.15, -0.1) is 0 Å². The zero-order valence-corrected chi connectivity index (χ0v) is 12.7. The molecule has 3 rings (SSSR count). The van der Waals surface area contributed by atoms with Crippen molar-refractivity contribution in [1.82, 2.24) is 15.0 Å². The smallest absolute Gasteiger partial charge is 0.219 e. The van der Waals surface area contributed by atoms with Crippen LogP contribution < -0.4 is 4.74 Å². The molecule has 4 nitrogen and oxygen atoms in total. The number of aromatic nitrogens is 3. The fraction of sp³-hybridized carbons (Fsp3) is 0.118. The van der Waals surface area contributed by atoms with Crippen LogP contribution in [0.4, 0.5) is 0 Å². The monoisotopic (exact) mass is 311 g/mol. The molecule has 0 saturated heterocycles. The van der Waals surface area contributed by atoms with Gasteiger partial charge in [0.05, 0.1) is 0 Å². The lowest BCUT2D eigenvalue weighted by Crippen LogP contribution is -2.05. The van der Waals surface area contributed by atoms with Gasteiger partial charge in [-0.05, 0) is 24.6 Å². The van der Waals surface area contributed by atoms with Gasteiger partial charge in [0, 0.05) is 12.3 Å². The van der Waals surface area contributed by atoms with Gasteiger partial charge in [0.15, 0.2) is 5.82 Å². The highest BCUT2D eigenvalue weighted by Gasteiger charge is 2.11. The molecule has 0 aliphatic carbocycles. The Kier molecular flexibility index (Phi) is 4.30. The van der Waals surface area contributed by atoms with Crippen LogP contribution in [0.3, 0.4) is 0 Å². The van der Waals surface area contributed by atoms with E-state index in [4.69, 9.17) is 16.3 Å². The Balaban J connectivity index is 1.87. The second-order valence-corrected chi connectivity index (χ2v) is 5.13. The van der Waals surface area contributed by atoms with Crippen LogP contribution in [0.25, 0.3) is 11.5 Å². The minimum atomic E-state index is -0.135. The van der Waals surface area contributed by atoms with Crippen LogP contribution in [-0.2, 0) is 0 Å². The number of hydrogen-bond acceptors (Lipinski definition) is 4. The Morgan fingerprint density at radius 3 is 2.50 bits per heavy atom. The predicted octanol–water partition coefficient (Wildman–Crippen LogP) is 4.33. The number of halogens is 1. The van der Waals surface area contributed by atoms with Crippen LogP contribution in [0, 0.1) is 0 Å². The summed E-state index contributed by atoms with van der Waals surface area (Å²) in [6.07, 6.45) is 1.55. The molecule has 0 amide bonds. The van der Waals surface area contributed by atoms with E-state index in [9.17, 15) is 0 Å². The molecule has 0 N–H and O–H groups in total. The van der Waals surface area contributed by atoms with Gasteiger partial charge in [0.25, 0.3) is 0 Å². The highest BCUT2D eigenvalue weighted by Crippen LogP contribution is 2.24. The molecular formula is C17H14ClN3O. The highest BCUT2D eigenvalue weighted by molar-refractivity contribution is 6.29. The van der Waals surface area contributed by atoms with Crippen LogP contribution >= 0.6 is 11.6 Å². The third-order valence-electron chi connectivity index (χ3n) is 3.13. The Labute approximate surface area is 133 Å². The maximum absolute atomic E-state index is 6.07. The Hall–Kier alpha value is -2.46. The fourth-order valence-corrected chi connectivity index (χ4v) is 2.21. The van der Waals surface area contributed by atoms with E-state index in [1.165, 1.54) is 0 Å². The van der Waals surface area contributed by atoms with Crippen molar-refractivity contribution >= 4 is 11.6 Å². The predicted molar refractivity (Wildman–Crippen MR) is 85.8 cm³/mol. The van der Waals surface area contributed by atoms with Gasteiger partial charge < -0.3 is 4.74 Å². The summed E-state index contributed by atoms with van der Waals surface area (Å²) in [7, 11) is 0. The first-order valence-electron chi connectivity index (χ1n) is 6.90. The molecule has 5 heteroatoms. The molecule has 1 atom stereocenters. The second-order valence-electron chi connectivity index (χ2n) is 4.74. The van der Waals surface area contributed by atoms with Crippen molar-refractivity contribution in [2.45, 2.75) is 13.0 Å². The molecule has 0 radical (unpaired) electrons. The van der Waals surface area contributed by atoms with Crippen molar-refractivity contribution in [3.05, 3.63) is 71.5 Å². The maximum Gasteiger partial charge on any atom is 0.219 e. The van der Waals surface area contributed by atoms with E-state index in [0.717, 1.165) is 5.56 Å². The Morgan fingerprint density at radius 1 is 1.00 bits per heavy atom. The lowest BCUT2D eigenvalue weighted by atomic mass is 10.1. The summed E-state index contributed by atoms with van der Waals surface area (Å²) in [5, 5.41) is 0.325. The number of nitrogens with zero attached hydrogens (tertiary/aromatic N) is 3. The molecule has 110 valence electrons. The molecule has 0 spiro atoms. The van der Waals surface area contributed by atoms with Gasteiger partial charge in [-0.3, -0.25) is 4.98 Å². The molecule has 1 unspecified atom stereocenters. The zero-order chi connectivity index (χ0) is 15.4. The van der Waals surface area contributed by atoms with Crippen LogP contribution in [0.5, 0.6) is 5.88 Å². The number of hydrogen-bond donors (Lipinski definition) is 0. The number of ether oxygens (including phenoxy) is 1. The summed E-state index contributed by atoms with van der Waals surface area (Å²) >= 11 is 6.07. The molecule has 0 fully saturated rings. The summed E-state index contributed by atoms with van der Waals surface area (Å²) in [4.78, 5) is 12.8. The minimum absolute atomic E-state index is 0.135. The standard InChI is InChI=1S/C17H14ClN3O/c1-12(13-7-3-2-4-8-13)22-16-11-15(18)20-17(21-16)14-9-5-6-10-19-14/h2-12H,1H3. The molecule has 2 heterocycles. The first-order chi connectivity index (χ1) is 10.7. The van der Waals surface area contributed by atoms with E-state index in [1.54, 1.807) is 12.3 Å². The van der Waals surface area contributed by atoms with Crippen LogP contribution in [0.2, 0.25) is 5.15 Å². The van der Waals surface area contributed by atoms with E-state index < -0.39 is 0 Å². The van der Waals surface area contributed by atoms with Crippen molar-refractivity contribution in [1.29, 1.82) is 0 Å². The first-order valence-corrected chi connectivity index (χ1v) is 7.28. The highest BCUT2D eigenvalue weighted by atomic mass is 35.5. The van der Waals surface area contributed by atoms with Gasteiger partial charge in [-0.25, -0.2) is 4.98 Å². The van der Waals surface area contributed by atoms with Gasteiger partial charge in [-0.1, -0.05) is 48.0 Å². The quantitative estimate of drug-likeness (QED) is 0.673. The third-order valence-corrected chi connectivity index (χ3v) is 3.33. The van der Waals surface area contributed by atoms with E-state index in [-0.39, 0.29) is 6.10 Å². The van der Waals surface area contributed by atoms with E-state index in [2.05, 4.69) is 15.0 Å². The largest absolute Gasteiger partial charge is 0.470 e.